The van der Waals surface area contributed by atoms with Crippen LogP contribution in [0.4, 0.5) is 0 Å². The highest BCUT2D eigenvalue weighted by molar-refractivity contribution is 7.81. The van der Waals surface area contributed by atoms with E-state index in [0.717, 1.165) is 32.1 Å². The van der Waals surface area contributed by atoms with Crippen LogP contribution in [0.15, 0.2) is 0 Å². The van der Waals surface area contributed by atoms with E-state index in [9.17, 15) is 8.42 Å². The predicted octanol–water partition coefficient (Wildman–Crippen LogP) is 8.89. The summed E-state index contributed by atoms with van der Waals surface area (Å²) in [5.74, 6) is 0. The van der Waals surface area contributed by atoms with Crippen molar-refractivity contribution in [2.75, 3.05) is 13.2 Å². The molecule has 0 spiro atoms. The van der Waals surface area contributed by atoms with Gasteiger partial charge in [-0.3, -0.25) is 0 Å². The molecule has 0 N–H and O–H groups in total. The van der Waals surface area contributed by atoms with Crippen molar-refractivity contribution in [1.82, 2.24) is 0 Å². The van der Waals surface area contributed by atoms with E-state index in [1.165, 1.54) is 109 Å². The molecule has 0 radical (unpaired) electrons. The SMILES string of the molecule is CCCCCCCCCCCCCCOS(=O)(=O)OCCCCCCCCCCCC. The Balaban J connectivity index is 3.31. The van der Waals surface area contributed by atoms with Crippen LogP contribution in [0.3, 0.4) is 0 Å². The Labute approximate surface area is 195 Å². The smallest absolute Gasteiger partial charge is 0.248 e. The van der Waals surface area contributed by atoms with Crippen molar-refractivity contribution in [2.24, 2.45) is 0 Å². The van der Waals surface area contributed by atoms with Crippen molar-refractivity contribution >= 4 is 10.4 Å². The molecule has 0 aliphatic carbocycles. The third-order valence-corrected chi connectivity index (χ3v) is 6.86. The van der Waals surface area contributed by atoms with Crippen LogP contribution in [-0.2, 0) is 18.8 Å². The lowest BCUT2D eigenvalue weighted by molar-refractivity contribution is 0.208. The maximum atomic E-state index is 11.7. The fourth-order valence-corrected chi connectivity index (χ4v) is 4.60. The topological polar surface area (TPSA) is 52.6 Å². The normalized spacial score (nSPS) is 11.9. The molecule has 0 saturated heterocycles. The van der Waals surface area contributed by atoms with Gasteiger partial charge >= 0.3 is 10.4 Å². The average molecular weight is 463 g/mol. The molecular weight excluding hydrogens is 408 g/mol. The molecule has 188 valence electrons. The second-order valence-corrected chi connectivity index (χ2v) is 10.4. The van der Waals surface area contributed by atoms with E-state index in [4.69, 9.17) is 8.37 Å². The number of hydrogen-bond acceptors (Lipinski definition) is 4. The molecule has 0 aromatic rings. The molecule has 0 aromatic heterocycles. The quantitative estimate of drug-likeness (QED) is 0.120. The Morgan fingerprint density at radius 3 is 0.871 bits per heavy atom. The Morgan fingerprint density at radius 1 is 0.387 bits per heavy atom. The third kappa shape index (κ3) is 26.0. The molecule has 5 heteroatoms. The summed E-state index contributed by atoms with van der Waals surface area (Å²) in [6, 6.07) is 0. The first kappa shape index (κ1) is 30.9. The second-order valence-electron chi connectivity index (χ2n) is 9.12. The largest absolute Gasteiger partial charge is 0.399 e. The van der Waals surface area contributed by atoms with Gasteiger partial charge in [0.1, 0.15) is 0 Å². The van der Waals surface area contributed by atoms with Crippen molar-refractivity contribution in [3.63, 3.8) is 0 Å². The van der Waals surface area contributed by atoms with Crippen molar-refractivity contribution in [1.29, 1.82) is 0 Å². The Hall–Kier alpha value is -0.130. The van der Waals surface area contributed by atoms with Crippen molar-refractivity contribution in [2.45, 2.75) is 155 Å². The van der Waals surface area contributed by atoms with E-state index in [1.807, 2.05) is 0 Å². The lowest BCUT2D eigenvalue weighted by Crippen LogP contribution is -2.12. The molecule has 31 heavy (non-hydrogen) atoms. The first-order valence-electron chi connectivity index (χ1n) is 13.7. The highest BCUT2D eigenvalue weighted by Gasteiger charge is 2.11. The van der Waals surface area contributed by atoms with Crippen LogP contribution < -0.4 is 0 Å². The standard InChI is InChI=1S/C26H54O4S/c1-3-5-7-9-11-13-15-16-18-20-22-24-26-30-31(27,28)29-25-23-21-19-17-14-12-10-8-6-4-2/h3-26H2,1-2H3. The molecule has 0 atom stereocenters. The van der Waals surface area contributed by atoms with Crippen LogP contribution in [0, 0.1) is 0 Å². The number of rotatable bonds is 26. The van der Waals surface area contributed by atoms with Gasteiger partial charge in [0.2, 0.25) is 0 Å². The summed E-state index contributed by atoms with van der Waals surface area (Å²) < 4.78 is 33.4. The molecule has 0 rings (SSSR count). The van der Waals surface area contributed by atoms with Crippen molar-refractivity contribution in [3.05, 3.63) is 0 Å². The minimum absolute atomic E-state index is 0.247. The Kier molecular flexibility index (Phi) is 24.4. The first-order chi connectivity index (χ1) is 15.1. The van der Waals surface area contributed by atoms with Crippen LogP contribution >= 0.6 is 0 Å². The van der Waals surface area contributed by atoms with E-state index >= 15 is 0 Å². The zero-order valence-electron chi connectivity index (χ0n) is 21.0. The summed E-state index contributed by atoms with van der Waals surface area (Å²) in [6.07, 6.45) is 27.3. The van der Waals surface area contributed by atoms with Crippen molar-refractivity contribution in [3.8, 4) is 0 Å². The fraction of sp³-hybridized carbons (Fsp3) is 1.00. The van der Waals surface area contributed by atoms with Gasteiger partial charge in [-0.1, -0.05) is 142 Å². The minimum atomic E-state index is -3.81. The maximum absolute atomic E-state index is 11.7. The van der Waals surface area contributed by atoms with Gasteiger partial charge in [0.15, 0.2) is 0 Å². The molecule has 0 unspecified atom stereocenters. The third-order valence-electron chi connectivity index (χ3n) is 5.95. The molecule has 0 aliphatic heterocycles. The van der Waals surface area contributed by atoms with Crippen LogP contribution in [0.2, 0.25) is 0 Å². The van der Waals surface area contributed by atoms with Crippen LogP contribution in [0.25, 0.3) is 0 Å². The second kappa shape index (κ2) is 24.5. The summed E-state index contributed by atoms with van der Waals surface area (Å²) in [6.45, 7) is 4.99. The number of hydrogen-bond donors (Lipinski definition) is 0. The molecule has 0 heterocycles. The van der Waals surface area contributed by atoms with Gasteiger partial charge in [-0.2, -0.15) is 8.42 Å². The minimum Gasteiger partial charge on any atom is -0.248 e. The van der Waals surface area contributed by atoms with Gasteiger partial charge in [-0.15, -0.1) is 0 Å². The summed E-state index contributed by atoms with van der Waals surface area (Å²) in [7, 11) is -3.81. The highest BCUT2D eigenvalue weighted by Crippen LogP contribution is 2.13. The predicted molar refractivity (Wildman–Crippen MR) is 134 cm³/mol. The zero-order chi connectivity index (χ0) is 22.9. The summed E-state index contributed by atoms with van der Waals surface area (Å²) >= 11 is 0. The summed E-state index contributed by atoms with van der Waals surface area (Å²) in [5.41, 5.74) is 0. The lowest BCUT2D eigenvalue weighted by atomic mass is 10.1. The molecule has 0 saturated carbocycles. The van der Waals surface area contributed by atoms with E-state index in [0.29, 0.717) is 0 Å². The average Bonchev–Trinajstić information content (AvgIpc) is 2.75. The van der Waals surface area contributed by atoms with Gasteiger partial charge in [0.05, 0.1) is 13.2 Å². The molecule has 0 aromatic carbocycles. The Bertz CT molecular complexity index is 437. The summed E-state index contributed by atoms with van der Waals surface area (Å²) in [4.78, 5) is 0. The summed E-state index contributed by atoms with van der Waals surface area (Å²) in [5, 5.41) is 0. The molecule has 0 amide bonds. The van der Waals surface area contributed by atoms with Crippen molar-refractivity contribution < 1.29 is 16.8 Å². The molecule has 0 bridgehead atoms. The molecular formula is C26H54O4S. The Morgan fingerprint density at radius 2 is 0.613 bits per heavy atom. The van der Waals surface area contributed by atoms with E-state index < -0.39 is 10.4 Å². The molecule has 4 nitrogen and oxygen atoms in total. The highest BCUT2D eigenvalue weighted by atomic mass is 32.3. The van der Waals surface area contributed by atoms with Crippen LogP contribution in [-0.4, -0.2) is 21.6 Å². The first-order valence-corrected chi connectivity index (χ1v) is 15.0. The maximum Gasteiger partial charge on any atom is 0.399 e. The zero-order valence-corrected chi connectivity index (χ0v) is 21.8. The molecule has 0 fully saturated rings. The van der Waals surface area contributed by atoms with Gasteiger partial charge in [-0.05, 0) is 12.8 Å². The molecule has 0 aliphatic rings. The number of unbranched alkanes of at least 4 members (excludes halogenated alkanes) is 20. The lowest BCUT2D eigenvalue weighted by Gasteiger charge is -2.06. The van der Waals surface area contributed by atoms with Gasteiger partial charge in [-0.25, -0.2) is 8.37 Å². The van der Waals surface area contributed by atoms with Gasteiger partial charge in [0.25, 0.3) is 0 Å². The monoisotopic (exact) mass is 462 g/mol. The van der Waals surface area contributed by atoms with Crippen LogP contribution in [0.1, 0.15) is 155 Å². The van der Waals surface area contributed by atoms with E-state index in [1.54, 1.807) is 0 Å². The fourth-order valence-electron chi connectivity index (χ4n) is 3.89. The van der Waals surface area contributed by atoms with Gasteiger partial charge in [0, 0.05) is 0 Å². The van der Waals surface area contributed by atoms with E-state index in [-0.39, 0.29) is 13.2 Å². The van der Waals surface area contributed by atoms with Gasteiger partial charge < -0.3 is 0 Å². The van der Waals surface area contributed by atoms with E-state index in [2.05, 4.69) is 13.8 Å². The van der Waals surface area contributed by atoms with Crippen LogP contribution in [0.5, 0.6) is 0 Å².